The molecule has 6 nitrogen and oxygen atoms in total. The van der Waals surface area contributed by atoms with Gasteiger partial charge in [-0.2, -0.15) is 0 Å². The molecule has 0 bridgehead atoms. The zero-order chi connectivity index (χ0) is 19.2. The van der Waals surface area contributed by atoms with E-state index in [9.17, 15) is 4.79 Å². The number of hydrogen-bond acceptors (Lipinski definition) is 5. The van der Waals surface area contributed by atoms with Crippen molar-refractivity contribution in [3.8, 4) is 5.75 Å². The highest BCUT2D eigenvalue weighted by atomic mass is 16.5. The first-order chi connectivity index (χ1) is 13.1. The van der Waals surface area contributed by atoms with Crippen molar-refractivity contribution in [2.45, 2.75) is 51.2 Å². The van der Waals surface area contributed by atoms with Crippen molar-refractivity contribution >= 4 is 11.6 Å². The fourth-order valence-corrected chi connectivity index (χ4v) is 3.97. The number of ether oxygens (including phenoxy) is 2. The van der Waals surface area contributed by atoms with Gasteiger partial charge in [-0.05, 0) is 37.3 Å². The molecule has 0 aromatic heterocycles. The molecule has 2 unspecified atom stereocenters. The Balaban J connectivity index is 1.56. The highest BCUT2D eigenvalue weighted by Gasteiger charge is 2.31. The lowest BCUT2D eigenvalue weighted by Gasteiger charge is -2.30. The minimum Gasteiger partial charge on any atom is -0.495 e. The second-order valence-electron chi connectivity index (χ2n) is 7.89. The molecule has 0 radical (unpaired) electrons. The zero-order valence-electron chi connectivity index (χ0n) is 16.7. The van der Waals surface area contributed by atoms with Crippen LogP contribution in [0.1, 0.15) is 33.1 Å². The van der Waals surface area contributed by atoms with Gasteiger partial charge in [-0.15, -0.1) is 0 Å². The number of nitrogens with zero attached hydrogens (tertiary/aromatic N) is 1. The van der Waals surface area contributed by atoms with Gasteiger partial charge in [0.25, 0.3) is 0 Å². The number of carbonyl (C=O) groups is 1. The third kappa shape index (κ3) is 5.14. The van der Waals surface area contributed by atoms with Gasteiger partial charge in [0.15, 0.2) is 0 Å². The molecule has 150 valence electrons. The van der Waals surface area contributed by atoms with Gasteiger partial charge in [-0.3, -0.25) is 4.79 Å². The van der Waals surface area contributed by atoms with Crippen LogP contribution in [0, 0.1) is 5.92 Å². The summed E-state index contributed by atoms with van der Waals surface area (Å²) in [5.74, 6) is 1.24. The van der Waals surface area contributed by atoms with Crippen molar-refractivity contribution in [1.82, 2.24) is 10.6 Å². The summed E-state index contributed by atoms with van der Waals surface area (Å²) in [4.78, 5) is 15.2. The molecule has 0 saturated carbocycles. The Bertz CT molecular complexity index is 616. The minimum absolute atomic E-state index is 0.114. The van der Waals surface area contributed by atoms with Crippen LogP contribution >= 0.6 is 0 Å². The Morgan fingerprint density at radius 3 is 2.63 bits per heavy atom. The third-order valence-corrected chi connectivity index (χ3v) is 5.55. The third-order valence-electron chi connectivity index (χ3n) is 5.55. The summed E-state index contributed by atoms with van der Waals surface area (Å²) >= 11 is 0. The summed E-state index contributed by atoms with van der Waals surface area (Å²) in [7, 11) is 1.70. The van der Waals surface area contributed by atoms with Gasteiger partial charge in [0.05, 0.1) is 18.8 Å². The average molecular weight is 376 g/mol. The fourth-order valence-electron chi connectivity index (χ4n) is 3.97. The van der Waals surface area contributed by atoms with Crippen LogP contribution in [0.15, 0.2) is 24.3 Å². The van der Waals surface area contributed by atoms with Gasteiger partial charge in [0.1, 0.15) is 5.75 Å². The van der Waals surface area contributed by atoms with Gasteiger partial charge in [0.2, 0.25) is 5.91 Å². The second-order valence-corrected chi connectivity index (χ2v) is 7.89. The summed E-state index contributed by atoms with van der Waals surface area (Å²) in [5, 5.41) is 6.84. The van der Waals surface area contributed by atoms with Gasteiger partial charge in [-0.25, -0.2) is 0 Å². The SMILES string of the molecule is COc1ccccc1N1CCC(NC(=O)C(NC2CCOCC2)C(C)C)C1. The van der Waals surface area contributed by atoms with Crippen molar-refractivity contribution in [2.24, 2.45) is 5.92 Å². The van der Waals surface area contributed by atoms with Crippen LogP contribution in [-0.2, 0) is 9.53 Å². The Hall–Kier alpha value is -1.79. The van der Waals surface area contributed by atoms with Gasteiger partial charge < -0.3 is 25.0 Å². The number of benzene rings is 1. The zero-order valence-corrected chi connectivity index (χ0v) is 16.7. The van der Waals surface area contributed by atoms with Gasteiger partial charge in [0, 0.05) is 38.4 Å². The van der Waals surface area contributed by atoms with E-state index < -0.39 is 0 Å². The molecule has 0 aliphatic carbocycles. The predicted octanol–water partition coefficient (Wildman–Crippen LogP) is 2.18. The molecule has 1 aromatic rings. The van der Waals surface area contributed by atoms with Crippen molar-refractivity contribution in [3.63, 3.8) is 0 Å². The molecule has 1 amide bonds. The number of nitrogens with one attached hydrogen (secondary N) is 2. The minimum atomic E-state index is -0.159. The predicted molar refractivity (Wildman–Crippen MR) is 107 cm³/mol. The summed E-state index contributed by atoms with van der Waals surface area (Å²) in [6.45, 7) is 7.50. The monoisotopic (exact) mass is 375 g/mol. The number of methoxy groups -OCH3 is 1. The van der Waals surface area contributed by atoms with Crippen molar-refractivity contribution in [1.29, 1.82) is 0 Å². The second kappa shape index (κ2) is 9.42. The van der Waals surface area contributed by atoms with Crippen molar-refractivity contribution < 1.29 is 14.3 Å². The van der Waals surface area contributed by atoms with Crippen LogP contribution in [0.2, 0.25) is 0 Å². The molecule has 27 heavy (non-hydrogen) atoms. The van der Waals surface area contributed by atoms with Crippen LogP contribution in [0.5, 0.6) is 5.75 Å². The van der Waals surface area contributed by atoms with Crippen LogP contribution in [0.25, 0.3) is 0 Å². The summed E-state index contributed by atoms with van der Waals surface area (Å²) in [6, 6.07) is 8.43. The van der Waals surface area contributed by atoms with E-state index in [1.54, 1.807) is 7.11 Å². The Morgan fingerprint density at radius 2 is 1.93 bits per heavy atom. The number of hydrogen-bond donors (Lipinski definition) is 2. The quantitative estimate of drug-likeness (QED) is 0.765. The lowest BCUT2D eigenvalue weighted by molar-refractivity contribution is -0.125. The van der Waals surface area contributed by atoms with E-state index in [-0.39, 0.29) is 23.9 Å². The molecule has 2 aliphatic heterocycles. The molecule has 2 aliphatic rings. The highest BCUT2D eigenvalue weighted by molar-refractivity contribution is 5.82. The maximum Gasteiger partial charge on any atom is 0.237 e. The number of para-hydroxylation sites is 2. The van der Waals surface area contributed by atoms with Crippen molar-refractivity contribution in [3.05, 3.63) is 24.3 Å². The van der Waals surface area contributed by atoms with Crippen LogP contribution in [-0.4, -0.2) is 57.4 Å². The fraction of sp³-hybridized carbons (Fsp3) is 0.667. The molecule has 2 heterocycles. The lowest BCUT2D eigenvalue weighted by atomic mass is 9.99. The normalized spacial score (nSPS) is 22.1. The first-order valence-corrected chi connectivity index (χ1v) is 10.1. The number of carbonyl (C=O) groups excluding carboxylic acids is 1. The Labute approximate surface area is 162 Å². The maximum absolute atomic E-state index is 12.9. The van der Waals surface area contributed by atoms with E-state index in [4.69, 9.17) is 9.47 Å². The molecule has 2 fully saturated rings. The summed E-state index contributed by atoms with van der Waals surface area (Å²) in [5.41, 5.74) is 1.09. The maximum atomic E-state index is 12.9. The smallest absolute Gasteiger partial charge is 0.237 e. The van der Waals surface area contributed by atoms with Gasteiger partial charge in [-0.1, -0.05) is 26.0 Å². The summed E-state index contributed by atoms with van der Waals surface area (Å²) in [6.07, 6.45) is 2.90. The standard InChI is InChI=1S/C21H33N3O3/c1-15(2)20(22-16-9-12-27-13-10-16)21(25)23-17-8-11-24(14-17)18-6-4-5-7-19(18)26-3/h4-7,15-17,20,22H,8-14H2,1-3H3,(H,23,25). The van der Waals surface area contributed by atoms with E-state index in [2.05, 4.69) is 35.4 Å². The van der Waals surface area contributed by atoms with E-state index in [1.165, 1.54) is 0 Å². The molecule has 2 atom stereocenters. The average Bonchev–Trinajstić information content (AvgIpc) is 3.14. The topological polar surface area (TPSA) is 62.8 Å². The first-order valence-electron chi connectivity index (χ1n) is 10.1. The molecular weight excluding hydrogens is 342 g/mol. The van der Waals surface area contributed by atoms with Gasteiger partial charge >= 0.3 is 0 Å². The molecular formula is C21H33N3O3. The molecule has 2 saturated heterocycles. The molecule has 1 aromatic carbocycles. The summed E-state index contributed by atoms with van der Waals surface area (Å²) < 4.78 is 10.9. The molecule has 2 N–H and O–H groups in total. The number of rotatable bonds is 7. The molecule has 3 rings (SSSR count). The molecule has 6 heteroatoms. The van der Waals surface area contributed by atoms with Crippen LogP contribution < -0.4 is 20.3 Å². The van der Waals surface area contributed by atoms with E-state index >= 15 is 0 Å². The first kappa shape index (κ1) is 20.0. The van der Waals surface area contributed by atoms with Crippen molar-refractivity contribution in [2.75, 3.05) is 38.3 Å². The Morgan fingerprint density at radius 1 is 1.19 bits per heavy atom. The van der Waals surface area contributed by atoms with Crippen LogP contribution in [0.3, 0.4) is 0 Å². The van der Waals surface area contributed by atoms with E-state index in [0.29, 0.717) is 6.04 Å². The highest BCUT2D eigenvalue weighted by Crippen LogP contribution is 2.30. The molecule has 0 spiro atoms. The van der Waals surface area contributed by atoms with E-state index in [0.717, 1.165) is 57.0 Å². The number of amides is 1. The number of anilines is 1. The largest absolute Gasteiger partial charge is 0.495 e. The lowest BCUT2D eigenvalue weighted by Crippen LogP contribution is -2.54. The van der Waals surface area contributed by atoms with Crippen LogP contribution in [0.4, 0.5) is 5.69 Å². The Kier molecular flexibility index (Phi) is 6.96. The van der Waals surface area contributed by atoms with E-state index in [1.807, 2.05) is 18.2 Å².